The van der Waals surface area contributed by atoms with Crippen molar-refractivity contribution >= 4 is 40.7 Å². The number of nitrogens with one attached hydrogen (secondary N) is 1. The second-order valence-electron chi connectivity index (χ2n) is 3.96. The summed E-state index contributed by atoms with van der Waals surface area (Å²) < 4.78 is 0. The molecule has 17 heavy (non-hydrogen) atoms. The fourth-order valence-electron chi connectivity index (χ4n) is 1.76. The molecule has 0 aromatic heterocycles. The molecule has 0 aliphatic carbocycles. The molecule has 5 heteroatoms. The number of ketones is 1. The van der Waals surface area contributed by atoms with Crippen molar-refractivity contribution in [2.24, 2.45) is 0 Å². The summed E-state index contributed by atoms with van der Waals surface area (Å²) in [4.78, 5) is 12.1. The fraction of sp³-hybridized carbons (Fsp3) is 0.417. The number of rotatable bonds is 3. The molecule has 1 unspecified atom stereocenters. The average molecular weight is 290 g/mol. The highest BCUT2D eigenvalue weighted by Crippen LogP contribution is 2.22. The Morgan fingerprint density at radius 3 is 3.00 bits per heavy atom. The molecule has 1 aromatic carbocycles. The summed E-state index contributed by atoms with van der Waals surface area (Å²) in [5, 5.41) is 4.44. The van der Waals surface area contributed by atoms with Crippen LogP contribution in [-0.4, -0.2) is 29.9 Å². The predicted molar refractivity (Wildman–Crippen MR) is 74.3 cm³/mol. The lowest BCUT2D eigenvalue weighted by atomic mass is 10.0. The van der Waals surface area contributed by atoms with Crippen LogP contribution in [0.5, 0.6) is 0 Å². The van der Waals surface area contributed by atoms with E-state index in [9.17, 15) is 4.79 Å². The lowest BCUT2D eigenvalue weighted by molar-refractivity contribution is -0.119. The van der Waals surface area contributed by atoms with E-state index in [0.717, 1.165) is 23.6 Å². The van der Waals surface area contributed by atoms with Crippen molar-refractivity contribution in [2.75, 3.05) is 18.1 Å². The first kappa shape index (κ1) is 13.2. The van der Waals surface area contributed by atoms with Gasteiger partial charge in [0.1, 0.15) is 0 Å². The second kappa shape index (κ2) is 6.10. The zero-order valence-electron chi connectivity index (χ0n) is 9.21. The number of hydrogen-bond acceptors (Lipinski definition) is 3. The molecule has 0 amide bonds. The van der Waals surface area contributed by atoms with Crippen LogP contribution in [0.15, 0.2) is 18.2 Å². The average Bonchev–Trinajstić information content (AvgIpc) is 2.35. The lowest BCUT2D eigenvalue weighted by Gasteiger charge is -2.22. The molecule has 1 aromatic rings. The van der Waals surface area contributed by atoms with Crippen molar-refractivity contribution in [3.05, 3.63) is 33.8 Å². The Labute approximate surface area is 115 Å². The summed E-state index contributed by atoms with van der Waals surface area (Å²) in [5.41, 5.74) is 0.807. The third-order valence-electron chi connectivity index (χ3n) is 2.68. The van der Waals surface area contributed by atoms with Crippen LogP contribution in [0, 0.1) is 0 Å². The van der Waals surface area contributed by atoms with E-state index in [0.29, 0.717) is 16.5 Å². The van der Waals surface area contributed by atoms with Crippen LogP contribution < -0.4 is 5.32 Å². The van der Waals surface area contributed by atoms with Gasteiger partial charge in [-0.25, -0.2) is 0 Å². The number of Topliss-reactive ketones (excluding diaryl/α,β-unsaturated/α-hetero) is 1. The molecule has 1 heterocycles. The molecule has 1 saturated heterocycles. The first-order chi connectivity index (χ1) is 8.16. The highest BCUT2D eigenvalue weighted by Gasteiger charge is 2.21. The van der Waals surface area contributed by atoms with E-state index in [4.69, 9.17) is 23.2 Å². The summed E-state index contributed by atoms with van der Waals surface area (Å²) in [6, 6.07) is 5.17. The van der Waals surface area contributed by atoms with E-state index in [2.05, 4.69) is 5.32 Å². The monoisotopic (exact) mass is 289 g/mol. The van der Waals surface area contributed by atoms with Gasteiger partial charge in [-0.2, -0.15) is 11.8 Å². The van der Waals surface area contributed by atoms with Gasteiger partial charge in [-0.1, -0.05) is 23.2 Å². The van der Waals surface area contributed by atoms with Crippen molar-refractivity contribution in [3.63, 3.8) is 0 Å². The molecule has 1 fully saturated rings. The number of carbonyl (C=O) groups excluding carboxylic acids is 1. The number of benzene rings is 1. The lowest BCUT2D eigenvalue weighted by Crippen LogP contribution is -2.44. The van der Waals surface area contributed by atoms with Crippen molar-refractivity contribution in [3.8, 4) is 0 Å². The van der Waals surface area contributed by atoms with Crippen molar-refractivity contribution < 1.29 is 4.79 Å². The van der Waals surface area contributed by atoms with Crippen LogP contribution in [0.25, 0.3) is 0 Å². The molecule has 2 nitrogen and oxygen atoms in total. The summed E-state index contributed by atoms with van der Waals surface area (Å²) in [6.07, 6.45) is 0.345. The molecular weight excluding hydrogens is 277 g/mol. The van der Waals surface area contributed by atoms with Gasteiger partial charge < -0.3 is 5.32 Å². The zero-order valence-corrected chi connectivity index (χ0v) is 11.5. The Morgan fingerprint density at radius 2 is 2.29 bits per heavy atom. The largest absolute Gasteiger partial charge is 0.306 e. The summed E-state index contributed by atoms with van der Waals surface area (Å²) in [6.45, 7) is 0.893. The Morgan fingerprint density at radius 1 is 1.47 bits per heavy atom. The van der Waals surface area contributed by atoms with Gasteiger partial charge in [0.05, 0.1) is 6.04 Å². The van der Waals surface area contributed by atoms with E-state index in [-0.39, 0.29) is 11.8 Å². The number of halogens is 2. The van der Waals surface area contributed by atoms with Gasteiger partial charge in [0, 0.05) is 34.5 Å². The Balaban J connectivity index is 2.04. The van der Waals surface area contributed by atoms with Crippen molar-refractivity contribution in [1.82, 2.24) is 5.32 Å². The van der Waals surface area contributed by atoms with Crippen LogP contribution in [0.2, 0.25) is 10.0 Å². The molecule has 1 aliphatic rings. The summed E-state index contributed by atoms with van der Waals surface area (Å²) in [5.74, 6) is 2.10. The van der Waals surface area contributed by atoms with E-state index in [1.807, 2.05) is 0 Å². The van der Waals surface area contributed by atoms with Crippen LogP contribution in [-0.2, 0) is 11.2 Å². The normalized spacial score (nSPS) is 20.2. The highest BCUT2D eigenvalue weighted by molar-refractivity contribution is 7.99. The maximum absolute atomic E-state index is 12.1. The van der Waals surface area contributed by atoms with Crippen LogP contribution >= 0.6 is 35.0 Å². The molecule has 0 saturated carbocycles. The topological polar surface area (TPSA) is 29.1 Å². The molecule has 0 spiro atoms. The van der Waals surface area contributed by atoms with E-state index in [1.54, 1.807) is 30.0 Å². The second-order valence-corrected chi connectivity index (χ2v) is 5.95. The molecule has 0 radical (unpaired) electrons. The quantitative estimate of drug-likeness (QED) is 0.928. The first-order valence-electron chi connectivity index (χ1n) is 5.44. The van der Waals surface area contributed by atoms with Crippen LogP contribution in [0.4, 0.5) is 0 Å². The minimum atomic E-state index is -0.0520. The predicted octanol–water partition coefficient (Wildman–Crippen LogP) is 2.81. The first-order valence-corrected chi connectivity index (χ1v) is 7.35. The van der Waals surface area contributed by atoms with Gasteiger partial charge >= 0.3 is 0 Å². The maximum Gasteiger partial charge on any atom is 0.154 e. The third kappa shape index (κ3) is 3.62. The van der Waals surface area contributed by atoms with Gasteiger partial charge in [-0.3, -0.25) is 4.79 Å². The molecule has 1 atom stereocenters. The standard InChI is InChI=1S/C12H13Cl2NOS/c13-9-1-2-10(14)8(5-9)6-12(16)11-7-17-4-3-15-11/h1-2,5,11,15H,3-4,6-7H2. The van der Waals surface area contributed by atoms with Crippen molar-refractivity contribution in [1.29, 1.82) is 0 Å². The molecule has 1 N–H and O–H groups in total. The summed E-state index contributed by atoms with van der Waals surface area (Å²) in [7, 11) is 0. The molecule has 92 valence electrons. The Bertz CT molecular complexity index is 419. The van der Waals surface area contributed by atoms with Gasteiger partial charge in [0.15, 0.2) is 5.78 Å². The molecule has 2 rings (SSSR count). The number of hydrogen-bond donors (Lipinski definition) is 1. The van der Waals surface area contributed by atoms with E-state index >= 15 is 0 Å². The Kier molecular flexibility index (Phi) is 4.74. The minimum absolute atomic E-state index is 0.0520. The fourth-order valence-corrected chi connectivity index (χ4v) is 3.11. The van der Waals surface area contributed by atoms with Crippen LogP contribution in [0.1, 0.15) is 5.56 Å². The van der Waals surface area contributed by atoms with E-state index in [1.165, 1.54) is 0 Å². The number of carbonyl (C=O) groups is 1. The molecular formula is C12H13Cl2NOS. The van der Waals surface area contributed by atoms with Crippen molar-refractivity contribution in [2.45, 2.75) is 12.5 Å². The Hall–Kier alpha value is -0.220. The van der Waals surface area contributed by atoms with Crippen LogP contribution in [0.3, 0.4) is 0 Å². The van der Waals surface area contributed by atoms with Gasteiger partial charge in [-0.05, 0) is 23.8 Å². The maximum atomic E-state index is 12.1. The van der Waals surface area contributed by atoms with E-state index < -0.39 is 0 Å². The number of thioether (sulfide) groups is 1. The highest BCUT2D eigenvalue weighted by atomic mass is 35.5. The van der Waals surface area contributed by atoms with Gasteiger partial charge in [0.2, 0.25) is 0 Å². The smallest absolute Gasteiger partial charge is 0.154 e. The van der Waals surface area contributed by atoms with Gasteiger partial charge in [0.25, 0.3) is 0 Å². The minimum Gasteiger partial charge on any atom is -0.306 e. The third-order valence-corrected chi connectivity index (χ3v) is 4.35. The van der Waals surface area contributed by atoms with Gasteiger partial charge in [-0.15, -0.1) is 0 Å². The molecule has 1 aliphatic heterocycles. The zero-order chi connectivity index (χ0) is 12.3. The summed E-state index contributed by atoms with van der Waals surface area (Å²) >= 11 is 13.7. The molecule has 0 bridgehead atoms. The SMILES string of the molecule is O=C(Cc1cc(Cl)ccc1Cl)C1CSCCN1.